The Morgan fingerprint density at radius 3 is 2.88 bits per heavy atom. The zero-order valence-corrected chi connectivity index (χ0v) is 9.70. The average Bonchev–Trinajstić information content (AvgIpc) is 2.67. The molecule has 0 radical (unpaired) electrons. The van der Waals surface area contributed by atoms with Gasteiger partial charge >= 0.3 is 6.09 Å². The van der Waals surface area contributed by atoms with E-state index in [2.05, 4.69) is 0 Å². The van der Waals surface area contributed by atoms with Gasteiger partial charge in [-0.2, -0.15) is 0 Å². The molecule has 0 N–H and O–H groups in total. The van der Waals surface area contributed by atoms with Crippen LogP contribution in [0.15, 0.2) is 30.3 Å². The highest BCUT2D eigenvalue weighted by atomic mass is 16.6. The summed E-state index contributed by atoms with van der Waals surface area (Å²) in [6, 6.07) is 10.2. The smallest absolute Gasteiger partial charge is 0.409 e. The van der Waals surface area contributed by atoms with E-state index < -0.39 is 0 Å². The van der Waals surface area contributed by atoms with Gasteiger partial charge in [0.1, 0.15) is 6.10 Å². The molecule has 2 aliphatic heterocycles. The first-order valence-electron chi connectivity index (χ1n) is 5.86. The van der Waals surface area contributed by atoms with E-state index in [-0.39, 0.29) is 24.3 Å². The van der Waals surface area contributed by atoms with Crippen LogP contribution in [0.3, 0.4) is 0 Å². The minimum absolute atomic E-state index is 0.00259. The molecule has 17 heavy (non-hydrogen) atoms. The number of methoxy groups -OCH3 is 1. The summed E-state index contributed by atoms with van der Waals surface area (Å²) in [5, 5.41) is 0. The van der Waals surface area contributed by atoms with Crippen molar-refractivity contribution in [3.05, 3.63) is 35.9 Å². The first-order valence-corrected chi connectivity index (χ1v) is 5.86. The Kier molecular flexibility index (Phi) is 2.52. The van der Waals surface area contributed by atoms with Crippen LogP contribution in [0.5, 0.6) is 0 Å². The van der Waals surface area contributed by atoms with E-state index in [9.17, 15) is 4.79 Å². The van der Waals surface area contributed by atoms with Crippen LogP contribution in [0.4, 0.5) is 4.79 Å². The maximum Gasteiger partial charge on any atom is 0.409 e. The van der Waals surface area contributed by atoms with Crippen molar-refractivity contribution in [3.8, 4) is 0 Å². The first kappa shape index (κ1) is 10.6. The number of nitrogens with zero attached hydrogens (tertiary/aromatic N) is 1. The van der Waals surface area contributed by atoms with Crippen molar-refractivity contribution < 1.29 is 14.3 Å². The second-order valence-electron chi connectivity index (χ2n) is 4.45. The maximum absolute atomic E-state index is 11.6. The predicted molar refractivity (Wildman–Crippen MR) is 61.6 cm³/mol. The van der Waals surface area contributed by atoms with Crippen LogP contribution in [0, 0.1) is 0 Å². The lowest BCUT2D eigenvalue weighted by Gasteiger charge is -2.43. The summed E-state index contributed by atoms with van der Waals surface area (Å²) in [4.78, 5) is 13.4. The number of rotatable bonds is 1. The fourth-order valence-electron chi connectivity index (χ4n) is 2.72. The van der Waals surface area contributed by atoms with E-state index >= 15 is 0 Å². The van der Waals surface area contributed by atoms with Gasteiger partial charge in [-0.15, -0.1) is 0 Å². The van der Waals surface area contributed by atoms with Gasteiger partial charge in [0.2, 0.25) is 0 Å². The number of likely N-dealkylation sites (tertiary alicyclic amines) is 1. The minimum atomic E-state index is -0.248. The molecule has 0 aliphatic carbocycles. The Morgan fingerprint density at radius 1 is 1.41 bits per heavy atom. The molecule has 2 heterocycles. The van der Waals surface area contributed by atoms with Crippen molar-refractivity contribution in [1.82, 2.24) is 4.90 Å². The van der Waals surface area contributed by atoms with Crippen LogP contribution in [-0.4, -0.2) is 36.8 Å². The Bertz CT molecular complexity index is 420. The largest absolute Gasteiger partial charge is 0.453 e. The molecule has 0 aromatic heterocycles. The molecule has 2 aliphatic rings. The summed E-state index contributed by atoms with van der Waals surface area (Å²) in [5.41, 5.74) is 1.13. The number of hydrogen-bond donors (Lipinski definition) is 0. The fraction of sp³-hybridized carbons (Fsp3) is 0.462. The molecule has 0 bridgehead atoms. The number of carbonyl (C=O) groups is 1. The van der Waals surface area contributed by atoms with Crippen molar-refractivity contribution in [2.24, 2.45) is 0 Å². The van der Waals surface area contributed by atoms with Gasteiger partial charge in [-0.1, -0.05) is 30.3 Å². The van der Waals surface area contributed by atoms with Gasteiger partial charge in [0.15, 0.2) is 0 Å². The summed E-state index contributed by atoms with van der Waals surface area (Å²) in [6.07, 6.45) is 0.840. The third kappa shape index (κ3) is 1.60. The monoisotopic (exact) mass is 233 g/mol. The average molecular weight is 233 g/mol. The second-order valence-corrected chi connectivity index (χ2v) is 4.45. The molecule has 2 fully saturated rings. The molecular weight excluding hydrogens is 218 g/mol. The molecule has 0 spiro atoms. The van der Waals surface area contributed by atoms with Gasteiger partial charge in [0.25, 0.3) is 0 Å². The number of fused-ring (bicyclic) bond motifs is 1. The summed E-state index contributed by atoms with van der Waals surface area (Å²) in [6.45, 7) is 0.728. The third-order valence-corrected chi connectivity index (χ3v) is 3.56. The van der Waals surface area contributed by atoms with Crippen LogP contribution >= 0.6 is 0 Å². The highest BCUT2D eigenvalue weighted by molar-refractivity contribution is 5.68. The molecule has 1 aromatic rings. The molecule has 4 heteroatoms. The van der Waals surface area contributed by atoms with E-state index in [1.165, 1.54) is 7.11 Å². The highest BCUT2D eigenvalue weighted by Crippen LogP contribution is 2.44. The topological polar surface area (TPSA) is 38.8 Å². The van der Waals surface area contributed by atoms with Crippen molar-refractivity contribution >= 4 is 6.09 Å². The molecule has 3 rings (SSSR count). The Balaban J connectivity index is 1.80. The lowest BCUT2D eigenvalue weighted by molar-refractivity contribution is -0.162. The number of amides is 1. The van der Waals surface area contributed by atoms with E-state index in [0.717, 1.165) is 18.5 Å². The fourth-order valence-corrected chi connectivity index (χ4v) is 2.72. The molecular formula is C13H15NO3. The molecule has 0 saturated carbocycles. The molecule has 3 atom stereocenters. The van der Waals surface area contributed by atoms with Gasteiger partial charge in [-0.05, 0) is 12.0 Å². The summed E-state index contributed by atoms with van der Waals surface area (Å²) < 4.78 is 10.6. The van der Waals surface area contributed by atoms with Crippen LogP contribution in [0.25, 0.3) is 0 Å². The molecule has 90 valence electrons. The zero-order chi connectivity index (χ0) is 11.8. The quantitative estimate of drug-likeness (QED) is 0.744. The molecule has 1 aromatic carbocycles. The number of hydrogen-bond acceptors (Lipinski definition) is 3. The second kappa shape index (κ2) is 4.04. The van der Waals surface area contributed by atoms with Crippen LogP contribution in [0.2, 0.25) is 0 Å². The van der Waals surface area contributed by atoms with Crippen molar-refractivity contribution in [1.29, 1.82) is 0 Å². The van der Waals surface area contributed by atoms with E-state index in [1.807, 2.05) is 30.3 Å². The van der Waals surface area contributed by atoms with E-state index in [0.29, 0.717) is 0 Å². The van der Waals surface area contributed by atoms with Crippen LogP contribution < -0.4 is 0 Å². The summed E-state index contributed by atoms with van der Waals surface area (Å²) >= 11 is 0. The highest BCUT2D eigenvalue weighted by Gasteiger charge is 2.52. The SMILES string of the molecule is COC(=O)N1CC[C@@H]2O[C@H](c3ccccc3)[C@@H]21. The predicted octanol–water partition coefficient (Wildman–Crippen LogP) is 1.97. The molecule has 1 amide bonds. The first-order chi connectivity index (χ1) is 8.31. The number of benzene rings is 1. The Morgan fingerprint density at radius 2 is 2.18 bits per heavy atom. The van der Waals surface area contributed by atoms with E-state index in [4.69, 9.17) is 9.47 Å². The van der Waals surface area contributed by atoms with Crippen LogP contribution in [0.1, 0.15) is 18.1 Å². The van der Waals surface area contributed by atoms with Crippen molar-refractivity contribution in [2.75, 3.05) is 13.7 Å². The van der Waals surface area contributed by atoms with Gasteiger partial charge in [0.05, 0.1) is 19.3 Å². The zero-order valence-electron chi connectivity index (χ0n) is 9.70. The lowest BCUT2D eigenvalue weighted by Crippen LogP contribution is -2.53. The van der Waals surface area contributed by atoms with E-state index in [1.54, 1.807) is 4.90 Å². The molecule has 0 unspecified atom stereocenters. The number of ether oxygens (including phenoxy) is 2. The van der Waals surface area contributed by atoms with Gasteiger partial charge in [-0.3, -0.25) is 4.90 Å². The third-order valence-electron chi connectivity index (χ3n) is 3.56. The maximum atomic E-state index is 11.6. The minimum Gasteiger partial charge on any atom is -0.453 e. The summed E-state index contributed by atoms with van der Waals surface area (Å²) in [7, 11) is 1.42. The van der Waals surface area contributed by atoms with Crippen LogP contribution in [-0.2, 0) is 9.47 Å². The normalized spacial score (nSPS) is 30.6. The van der Waals surface area contributed by atoms with Gasteiger partial charge in [0, 0.05) is 6.54 Å². The van der Waals surface area contributed by atoms with Gasteiger partial charge < -0.3 is 9.47 Å². The standard InChI is InChI=1S/C13H15NO3/c1-16-13(15)14-8-7-10-11(14)12(17-10)9-5-3-2-4-6-9/h2-6,10-12H,7-8H2,1H3/t10-,11+,12+/m0/s1. The number of carbonyl (C=O) groups excluding carboxylic acids is 1. The summed E-state index contributed by atoms with van der Waals surface area (Å²) in [5.74, 6) is 0. The van der Waals surface area contributed by atoms with Crippen molar-refractivity contribution in [3.63, 3.8) is 0 Å². The lowest BCUT2D eigenvalue weighted by atomic mass is 9.92. The Labute approximate surface area is 100 Å². The Hall–Kier alpha value is -1.55. The van der Waals surface area contributed by atoms with Crippen molar-refractivity contribution in [2.45, 2.75) is 24.7 Å². The van der Waals surface area contributed by atoms with Gasteiger partial charge in [-0.25, -0.2) is 4.79 Å². The molecule has 2 saturated heterocycles. The molecule has 4 nitrogen and oxygen atoms in total.